The molecule has 1 saturated heterocycles. The molecule has 0 N–H and O–H groups in total. The van der Waals surface area contributed by atoms with Gasteiger partial charge in [-0.3, -0.25) is 4.79 Å². The minimum absolute atomic E-state index is 0.207. The van der Waals surface area contributed by atoms with E-state index in [1.165, 1.54) is 12.4 Å². The maximum absolute atomic E-state index is 13.9. The standard InChI is InChI=1S/C19H27FN6O/c1-3-24(4-2)9-5-6-16(27)25-10-12-26(13-11-25)19-18-17(15(20)14-23-19)21-7-8-22-18/h7-8,14H,3-6,9-13H2,1-2H3. The number of rotatable bonds is 7. The first kappa shape index (κ1) is 19.4. The molecule has 0 spiro atoms. The molecule has 1 amide bonds. The highest BCUT2D eigenvalue weighted by atomic mass is 19.1. The molecule has 0 aromatic carbocycles. The largest absolute Gasteiger partial charge is 0.351 e. The van der Waals surface area contributed by atoms with Crippen LogP contribution in [0.15, 0.2) is 18.6 Å². The number of amides is 1. The van der Waals surface area contributed by atoms with Crippen molar-refractivity contribution in [3.8, 4) is 0 Å². The number of pyridine rings is 1. The smallest absolute Gasteiger partial charge is 0.222 e. The second-order valence-electron chi connectivity index (χ2n) is 6.68. The third kappa shape index (κ3) is 4.50. The van der Waals surface area contributed by atoms with Gasteiger partial charge in [-0.05, 0) is 26.1 Å². The van der Waals surface area contributed by atoms with Crippen LogP contribution in [-0.2, 0) is 4.79 Å². The van der Waals surface area contributed by atoms with Gasteiger partial charge in [0.15, 0.2) is 11.6 Å². The molecule has 1 aliphatic rings. The van der Waals surface area contributed by atoms with Crippen molar-refractivity contribution in [2.45, 2.75) is 26.7 Å². The van der Waals surface area contributed by atoms with Crippen LogP contribution < -0.4 is 4.90 Å². The summed E-state index contributed by atoms with van der Waals surface area (Å²) >= 11 is 0. The lowest BCUT2D eigenvalue weighted by Crippen LogP contribution is -2.49. The van der Waals surface area contributed by atoms with Gasteiger partial charge in [0.05, 0.1) is 6.20 Å². The highest BCUT2D eigenvalue weighted by molar-refractivity contribution is 5.86. The Morgan fingerprint density at radius 3 is 2.41 bits per heavy atom. The number of fused-ring (bicyclic) bond motifs is 1. The SMILES string of the molecule is CCN(CC)CCCC(=O)N1CCN(c2ncc(F)c3nccnc23)CC1. The molecule has 1 fully saturated rings. The lowest BCUT2D eigenvalue weighted by atomic mass is 10.2. The number of halogens is 1. The number of hydrogen-bond acceptors (Lipinski definition) is 6. The second-order valence-corrected chi connectivity index (χ2v) is 6.68. The van der Waals surface area contributed by atoms with Gasteiger partial charge in [0.2, 0.25) is 5.91 Å². The summed E-state index contributed by atoms with van der Waals surface area (Å²) in [6.07, 6.45) is 5.68. The fraction of sp³-hybridized carbons (Fsp3) is 0.579. The maximum atomic E-state index is 13.9. The molecule has 146 valence electrons. The van der Waals surface area contributed by atoms with Crippen molar-refractivity contribution in [3.05, 3.63) is 24.4 Å². The van der Waals surface area contributed by atoms with Gasteiger partial charge in [0, 0.05) is 45.0 Å². The first-order valence-corrected chi connectivity index (χ1v) is 9.64. The average molecular weight is 374 g/mol. The van der Waals surface area contributed by atoms with Crippen LogP contribution in [0.25, 0.3) is 11.0 Å². The fourth-order valence-electron chi connectivity index (χ4n) is 3.47. The summed E-state index contributed by atoms with van der Waals surface area (Å²) in [5, 5.41) is 0. The van der Waals surface area contributed by atoms with E-state index in [1.807, 2.05) is 4.90 Å². The zero-order valence-corrected chi connectivity index (χ0v) is 16.1. The van der Waals surface area contributed by atoms with E-state index >= 15 is 0 Å². The number of nitrogens with zero attached hydrogens (tertiary/aromatic N) is 6. The minimum Gasteiger partial charge on any atom is -0.351 e. The van der Waals surface area contributed by atoms with Crippen molar-refractivity contribution >= 4 is 22.8 Å². The number of aromatic nitrogens is 3. The van der Waals surface area contributed by atoms with Gasteiger partial charge < -0.3 is 14.7 Å². The zero-order valence-electron chi connectivity index (χ0n) is 16.1. The average Bonchev–Trinajstić information content (AvgIpc) is 2.72. The van der Waals surface area contributed by atoms with E-state index in [9.17, 15) is 9.18 Å². The molecule has 1 aliphatic heterocycles. The molecule has 0 radical (unpaired) electrons. The predicted molar refractivity (Wildman–Crippen MR) is 103 cm³/mol. The highest BCUT2D eigenvalue weighted by Gasteiger charge is 2.24. The molecule has 3 rings (SSSR count). The Kier molecular flexibility index (Phi) is 6.49. The number of piperazine rings is 1. The molecule has 3 heterocycles. The van der Waals surface area contributed by atoms with Crippen molar-refractivity contribution in [2.24, 2.45) is 0 Å². The van der Waals surface area contributed by atoms with Crippen LogP contribution in [0.1, 0.15) is 26.7 Å². The van der Waals surface area contributed by atoms with E-state index in [0.717, 1.165) is 26.1 Å². The van der Waals surface area contributed by atoms with Crippen molar-refractivity contribution < 1.29 is 9.18 Å². The normalized spacial score (nSPS) is 15.0. The summed E-state index contributed by atoms with van der Waals surface area (Å²) in [7, 11) is 0. The Labute approximate surface area is 159 Å². The lowest BCUT2D eigenvalue weighted by Gasteiger charge is -2.35. The molecule has 2 aromatic heterocycles. The molecule has 0 saturated carbocycles. The van der Waals surface area contributed by atoms with Crippen LogP contribution in [0.4, 0.5) is 10.2 Å². The van der Waals surface area contributed by atoms with Crippen LogP contribution in [0, 0.1) is 5.82 Å². The Hall–Kier alpha value is -2.35. The summed E-state index contributed by atoms with van der Waals surface area (Å²) in [6, 6.07) is 0. The Bertz CT molecular complexity index is 774. The second kappa shape index (κ2) is 9.03. The lowest BCUT2D eigenvalue weighted by molar-refractivity contribution is -0.131. The van der Waals surface area contributed by atoms with Crippen molar-refractivity contribution in [3.63, 3.8) is 0 Å². The topological polar surface area (TPSA) is 65.5 Å². The third-order valence-corrected chi connectivity index (χ3v) is 5.13. The molecular weight excluding hydrogens is 347 g/mol. The van der Waals surface area contributed by atoms with Crippen LogP contribution in [-0.4, -0.2) is 76.5 Å². The quantitative estimate of drug-likeness (QED) is 0.738. The van der Waals surface area contributed by atoms with Gasteiger partial charge in [0.1, 0.15) is 11.0 Å². The summed E-state index contributed by atoms with van der Waals surface area (Å²) < 4.78 is 13.9. The fourth-order valence-corrected chi connectivity index (χ4v) is 3.47. The van der Waals surface area contributed by atoms with E-state index in [1.54, 1.807) is 6.20 Å². The Morgan fingerprint density at radius 2 is 1.74 bits per heavy atom. The van der Waals surface area contributed by atoms with Crippen molar-refractivity contribution in [2.75, 3.05) is 50.7 Å². The molecule has 7 nitrogen and oxygen atoms in total. The van der Waals surface area contributed by atoms with Gasteiger partial charge in [-0.15, -0.1) is 0 Å². The first-order chi connectivity index (χ1) is 13.1. The van der Waals surface area contributed by atoms with Crippen molar-refractivity contribution in [1.29, 1.82) is 0 Å². The molecule has 0 bridgehead atoms. The molecule has 0 aliphatic carbocycles. The number of carbonyl (C=O) groups is 1. The maximum Gasteiger partial charge on any atom is 0.222 e. The van der Waals surface area contributed by atoms with Crippen LogP contribution >= 0.6 is 0 Å². The highest BCUT2D eigenvalue weighted by Crippen LogP contribution is 2.24. The van der Waals surface area contributed by atoms with E-state index in [4.69, 9.17) is 0 Å². The monoisotopic (exact) mass is 374 g/mol. The molecule has 0 atom stereocenters. The molecule has 8 heteroatoms. The summed E-state index contributed by atoms with van der Waals surface area (Å²) in [4.78, 5) is 31.3. The van der Waals surface area contributed by atoms with Gasteiger partial charge in [-0.2, -0.15) is 0 Å². The van der Waals surface area contributed by atoms with Crippen LogP contribution in [0.5, 0.6) is 0 Å². The van der Waals surface area contributed by atoms with Crippen LogP contribution in [0.3, 0.4) is 0 Å². The van der Waals surface area contributed by atoms with Gasteiger partial charge in [0.25, 0.3) is 0 Å². The first-order valence-electron chi connectivity index (χ1n) is 9.64. The summed E-state index contributed by atoms with van der Waals surface area (Å²) in [6.45, 7) is 9.89. The minimum atomic E-state index is -0.469. The predicted octanol–water partition coefficient (Wildman–Crippen LogP) is 1.93. The molecular formula is C19H27FN6O. The number of anilines is 1. The molecule has 27 heavy (non-hydrogen) atoms. The number of hydrogen-bond donors (Lipinski definition) is 0. The number of carbonyl (C=O) groups excluding carboxylic acids is 1. The molecule has 0 unspecified atom stereocenters. The Balaban J connectivity index is 1.56. The Morgan fingerprint density at radius 1 is 1.07 bits per heavy atom. The van der Waals surface area contributed by atoms with Crippen molar-refractivity contribution in [1.82, 2.24) is 24.8 Å². The van der Waals surface area contributed by atoms with E-state index in [-0.39, 0.29) is 11.4 Å². The summed E-state index contributed by atoms with van der Waals surface area (Å²) in [5.41, 5.74) is 0.703. The van der Waals surface area contributed by atoms with Gasteiger partial charge >= 0.3 is 0 Å². The van der Waals surface area contributed by atoms with Gasteiger partial charge in [-0.1, -0.05) is 13.8 Å². The summed E-state index contributed by atoms with van der Waals surface area (Å²) in [5.74, 6) is 0.371. The van der Waals surface area contributed by atoms with Crippen LogP contribution in [0.2, 0.25) is 0 Å². The van der Waals surface area contributed by atoms with E-state index in [0.29, 0.717) is 43.9 Å². The van der Waals surface area contributed by atoms with E-state index < -0.39 is 5.82 Å². The third-order valence-electron chi connectivity index (χ3n) is 5.13. The van der Waals surface area contributed by atoms with E-state index in [2.05, 4.69) is 38.6 Å². The zero-order chi connectivity index (χ0) is 19.2. The molecule has 2 aromatic rings. The van der Waals surface area contributed by atoms with Gasteiger partial charge in [-0.25, -0.2) is 19.3 Å².